The van der Waals surface area contributed by atoms with Gasteiger partial charge in [-0.25, -0.2) is 4.39 Å². The van der Waals surface area contributed by atoms with Crippen molar-refractivity contribution in [2.24, 2.45) is 0 Å². The van der Waals surface area contributed by atoms with Crippen molar-refractivity contribution in [2.45, 2.75) is 20.8 Å². The first kappa shape index (κ1) is 19.7. The molecule has 0 aliphatic carbocycles. The maximum absolute atomic E-state index is 13.3. The summed E-state index contributed by atoms with van der Waals surface area (Å²) in [4.78, 5) is 13.7. The predicted octanol–water partition coefficient (Wildman–Crippen LogP) is 5.44. The lowest BCUT2D eigenvalue weighted by Crippen LogP contribution is -2.19. The second-order valence-electron chi connectivity index (χ2n) is 6.90. The second-order valence-corrected chi connectivity index (χ2v) is 6.90. The van der Waals surface area contributed by atoms with Crippen molar-refractivity contribution >= 4 is 22.4 Å². The molecule has 0 atom stereocenters. The molecule has 1 aromatic heterocycles. The van der Waals surface area contributed by atoms with Crippen molar-refractivity contribution in [1.82, 2.24) is 4.90 Å². The van der Waals surface area contributed by atoms with Gasteiger partial charge in [-0.2, -0.15) is 0 Å². The number of allylic oxidation sites excluding steroid dienone is 1. The Balaban J connectivity index is 2.24. The average molecular weight is 381 g/mol. The van der Waals surface area contributed by atoms with Crippen molar-refractivity contribution in [3.63, 3.8) is 0 Å². The highest BCUT2D eigenvalue weighted by Crippen LogP contribution is 2.40. The van der Waals surface area contributed by atoms with Gasteiger partial charge in [0.1, 0.15) is 17.1 Å². The lowest BCUT2D eigenvalue weighted by Gasteiger charge is -2.15. The number of halogens is 1. The van der Waals surface area contributed by atoms with Gasteiger partial charge in [-0.05, 0) is 50.1 Å². The fourth-order valence-electron chi connectivity index (χ4n) is 3.18. The van der Waals surface area contributed by atoms with E-state index in [1.165, 1.54) is 17.0 Å². The van der Waals surface area contributed by atoms with Gasteiger partial charge in [0.25, 0.3) is 0 Å². The predicted molar refractivity (Wildman–Crippen MR) is 110 cm³/mol. The van der Waals surface area contributed by atoms with E-state index in [1.54, 1.807) is 38.6 Å². The van der Waals surface area contributed by atoms with Gasteiger partial charge >= 0.3 is 0 Å². The van der Waals surface area contributed by atoms with Gasteiger partial charge in [0.15, 0.2) is 0 Å². The summed E-state index contributed by atoms with van der Waals surface area (Å²) in [5, 5.41) is 0.896. The largest absolute Gasteiger partial charge is 0.493 e. The number of carbonyl (C=O) groups is 1. The first-order valence-electron chi connectivity index (χ1n) is 9.17. The number of hydrogen-bond donors (Lipinski definition) is 0. The summed E-state index contributed by atoms with van der Waals surface area (Å²) in [6.45, 7) is 6.25. The topological polar surface area (TPSA) is 42.7 Å². The number of likely N-dealkylation sites (N-methyl/N-ethyl adjacent to an activating group) is 1. The standard InChI is InChI=1S/C23H24FNO3/c1-6-27-22-15(3)23-19(12-18(22)14(2)11-21(26)25(4)5)20(13-28-23)16-7-9-17(24)10-8-16/h7-13H,6H2,1-5H3/b14-11+. The minimum Gasteiger partial charge on any atom is -0.493 e. The summed E-state index contributed by atoms with van der Waals surface area (Å²) in [5.41, 5.74) is 4.96. The molecule has 28 heavy (non-hydrogen) atoms. The van der Waals surface area contributed by atoms with Gasteiger partial charge in [0.2, 0.25) is 5.91 Å². The molecule has 0 bridgehead atoms. The van der Waals surface area contributed by atoms with Crippen LogP contribution >= 0.6 is 0 Å². The monoisotopic (exact) mass is 381 g/mol. The first-order valence-corrected chi connectivity index (χ1v) is 9.17. The van der Waals surface area contributed by atoms with Crippen molar-refractivity contribution in [1.29, 1.82) is 0 Å². The summed E-state index contributed by atoms with van der Waals surface area (Å²) in [7, 11) is 3.43. The maximum atomic E-state index is 13.3. The smallest absolute Gasteiger partial charge is 0.246 e. The number of furan rings is 1. The Morgan fingerprint density at radius 3 is 2.54 bits per heavy atom. The molecule has 0 N–H and O–H groups in total. The molecule has 0 saturated carbocycles. The van der Waals surface area contributed by atoms with Crippen LogP contribution in [0, 0.1) is 12.7 Å². The van der Waals surface area contributed by atoms with E-state index >= 15 is 0 Å². The molecule has 0 spiro atoms. The van der Waals surface area contributed by atoms with Crippen molar-refractivity contribution in [3.05, 3.63) is 59.6 Å². The van der Waals surface area contributed by atoms with Crippen LogP contribution in [0.3, 0.4) is 0 Å². The Bertz CT molecular complexity index is 1050. The summed E-state index contributed by atoms with van der Waals surface area (Å²) in [6.07, 6.45) is 3.27. The zero-order valence-electron chi connectivity index (χ0n) is 16.8. The van der Waals surface area contributed by atoms with Gasteiger partial charge in [0.05, 0.1) is 12.9 Å². The Morgan fingerprint density at radius 2 is 1.93 bits per heavy atom. The zero-order valence-corrected chi connectivity index (χ0v) is 16.8. The molecule has 0 radical (unpaired) electrons. The van der Waals surface area contributed by atoms with Gasteiger partial charge in [-0.1, -0.05) is 12.1 Å². The molecule has 2 aromatic carbocycles. The molecule has 0 aliphatic heterocycles. The number of benzene rings is 2. The molecular weight excluding hydrogens is 357 g/mol. The molecule has 1 amide bonds. The van der Waals surface area contributed by atoms with E-state index in [0.717, 1.165) is 38.8 Å². The average Bonchev–Trinajstić information content (AvgIpc) is 3.08. The fraction of sp³-hybridized carbons (Fsp3) is 0.261. The van der Waals surface area contributed by atoms with Crippen LogP contribution in [0.1, 0.15) is 25.0 Å². The number of rotatable bonds is 5. The number of aryl methyl sites for hydroxylation is 1. The van der Waals surface area contributed by atoms with Gasteiger partial charge in [-0.15, -0.1) is 0 Å². The second kappa shape index (κ2) is 7.89. The number of ether oxygens (including phenoxy) is 1. The summed E-state index contributed by atoms with van der Waals surface area (Å²) < 4.78 is 25.0. The molecule has 3 aromatic rings. The normalized spacial score (nSPS) is 11.7. The lowest BCUT2D eigenvalue weighted by molar-refractivity contribution is -0.123. The molecule has 0 fully saturated rings. The van der Waals surface area contributed by atoms with Gasteiger partial charge in [0, 0.05) is 42.2 Å². The maximum Gasteiger partial charge on any atom is 0.246 e. The van der Waals surface area contributed by atoms with Crippen LogP contribution in [-0.4, -0.2) is 31.5 Å². The molecule has 1 heterocycles. The van der Waals surface area contributed by atoms with Crippen LogP contribution in [0.5, 0.6) is 5.75 Å². The van der Waals surface area contributed by atoms with Crippen LogP contribution in [0.15, 0.2) is 47.1 Å². The molecule has 0 saturated heterocycles. The van der Waals surface area contributed by atoms with Gasteiger partial charge < -0.3 is 14.1 Å². The molecule has 5 heteroatoms. The highest BCUT2D eigenvalue weighted by atomic mass is 19.1. The number of hydrogen-bond acceptors (Lipinski definition) is 3. The van der Waals surface area contributed by atoms with E-state index in [-0.39, 0.29) is 11.7 Å². The van der Waals surface area contributed by atoms with Crippen molar-refractivity contribution < 1.29 is 18.3 Å². The quantitative estimate of drug-likeness (QED) is 0.553. The van der Waals surface area contributed by atoms with E-state index in [1.807, 2.05) is 26.8 Å². The SMILES string of the molecule is CCOc1c(/C(C)=C/C(=O)N(C)C)cc2c(-c3ccc(F)cc3)coc2c1C. The van der Waals surface area contributed by atoms with E-state index in [9.17, 15) is 9.18 Å². The minimum absolute atomic E-state index is 0.0938. The van der Waals surface area contributed by atoms with E-state index in [2.05, 4.69) is 0 Å². The van der Waals surface area contributed by atoms with Crippen LogP contribution in [0.2, 0.25) is 0 Å². The Hall–Kier alpha value is -3.08. The fourth-order valence-corrected chi connectivity index (χ4v) is 3.18. The van der Waals surface area contributed by atoms with Crippen LogP contribution in [0.25, 0.3) is 27.7 Å². The highest BCUT2D eigenvalue weighted by Gasteiger charge is 2.19. The first-order chi connectivity index (χ1) is 13.3. The highest BCUT2D eigenvalue weighted by molar-refractivity contribution is 6.01. The van der Waals surface area contributed by atoms with E-state index in [4.69, 9.17) is 9.15 Å². The Morgan fingerprint density at radius 1 is 1.25 bits per heavy atom. The van der Waals surface area contributed by atoms with Crippen LogP contribution in [0.4, 0.5) is 4.39 Å². The molecule has 0 aliphatic rings. The molecule has 3 rings (SSSR count). The van der Waals surface area contributed by atoms with Gasteiger partial charge in [-0.3, -0.25) is 4.79 Å². The molecule has 146 valence electrons. The Labute approximate surface area is 164 Å². The van der Waals surface area contributed by atoms with Crippen LogP contribution < -0.4 is 4.74 Å². The number of amides is 1. The summed E-state index contributed by atoms with van der Waals surface area (Å²) in [5.74, 6) is 0.326. The minimum atomic E-state index is -0.284. The molecule has 4 nitrogen and oxygen atoms in total. The summed E-state index contributed by atoms with van der Waals surface area (Å²) in [6, 6.07) is 8.28. The molecule has 0 unspecified atom stereocenters. The Kier molecular flexibility index (Phi) is 5.54. The number of nitrogens with zero attached hydrogens (tertiary/aromatic N) is 1. The third kappa shape index (κ3) is 3.65. The lowest BCUT2D eigenvalue weighted by atomic mass is 9.96. The number of fused-ring (bicyclic) bond motifs is 1. The van der Waals surface area contributed by atoms with Crippen molar-refractivity contribution in [3.8, 4) is 16.9 Å². The third-order valence-electron chi connectivity index (χ3n) is 4.69. The van der Waals surface area contributed by atoms with E-state index < -0.39 is 0 Å². The van der Waals surface area contributed by atoms with Crippen LogP contribution in [-0.2, 0) is 4.79 Å². The van der Waals surface area contributed by atoms with E-state index in [0.29, 0.717) is 12.4 Å². The number of carbonyl (C=O) groups excluding carboxylic acids is 1. The summed E-state index contributed by atoms with van der Waals surface area (Å²) >= 11 is 0. The zero-order chi connectivity index (χ0) is 20.4. The molecular formula is C23H24FNO3. The van der Waals surface area contributed by atoms with Crippen molar-refractivity contribution in [2.75, 3.05) is 20.7 Å². The third-order valence-corrected chi connectivity index (χ3v) is 4.69.